The van der Waals surface area contributed by atoms with Crippen LogP contribution in [0.2, 0.25) is 0 Å². The van der Waals surface area contributed by atoms with Crippen molar-refractivity contribution in [2.24, 2.45) is 5.92 Å². The Morgan fingerprint density at radius 2 is 2.09 bits per heavy atom. The van der Waals surface area contributed by atoms with Crippen LogP contribution in [0.3, 0.4) is 0 Å². The lowest BCUT2D eigenvalue weighted by Crippen LogP contribution is -2.42. The molecule has 2 aliphatic carbocycles. The second-order valence-corrected chi connectivity index (χ2v) is 6.37. The minimum Gasteiger partial charge on any atom is -0.351 e. The van der Waals surface area contributed by atoms with E-state index in [1.54, 1.807) is 6.08 Å². The highest BCUT2D eigenvalue weighted by Crippen LogP contribution is 2.61. The van der Waals surface area contributed by atoms with Gasteiger partial charge in [-0.25, -0.2) is 4.79 Å². The van der Waals surface area contributed by atoms with Crippen LogP contribution in [-0.2, 0) is 16.6 Å². The molecule has 1 fully saturated rings. The molecular formula is C18H23N3O2. The molecular weight excluding hydrogens is 290 g/mol. The van der Waals surface area contributed by atoms with Crippen molar-refractivity contribution in [2.75, 3.05) is 19.6 Å². The molecule has 5 nitrogen and oxygen atoms in total. The molecule has 1 aromatic rings. The summed E-state index contributed by atoms with van der Waals surface area (Å²) in [5.41, 5.74) is 3.21. The van der Waals surface area contributed by atoms with Crippen LogP contribution in [-0.4, -0.2) is 31.6 Å². The summed E-state index contributed by atoms with van der Waals surface area (Å²) in [6.45, 7) is 4.57. The quantitative estimate of drug-likeness (QED) is 0.697. The number of nitrogens with one attached hydrogen (secondary N) is 3. The van der Waals surface area contributed by atoms with E-state index in [9.17, 15) is 9.59 Å². The van der Waals surface area contributed by atoms with Gasteiger partial charge in [0, 0.05) is 18.5 Å². The number of rotatable bonds is 6. The van der Waals surface area contributed by atoms with E-state index in [1.807, 2.05) is 0 Å². The lowest BCUT2D eigenvalue weighted by Gasteiger charge is -2.12. The highest BCUT2D eigenvalue weighted by molar-refractivity contribution is 5.83. The average Bonchev–Trinajstić information content (AvgIpc) is 3.16. The Morgan fingerprint density at radius 3 is 2.91 bits per heavy atom. The summed E-state index contributed by atoms with van der Waals surface area (Å²) >= 11 is 0. The fourth-order valence-corrected chi connectivity index (χ4v) is 3.69. The van der Waals surface area contributed by atoms with Crippen LogP contribution in [0.15, 0.2) is 36.9 Å². The predicted octanol–water partition coefficient (Wildman–Crippen LogP) is 1.49. The van der Waals surface area contributed by atoms with Crippen molar-refractivity contribution in [1.29, 1.82) is 0 Å². The van der Waals surface area contributed by atoms with E-state index in [0.29, 0.717) is 19.0 Å². The standard InChI is InChI=1S/C18H23N3O2/c1-2-9-19-16(22)12-21-17(23)20-11-14-10-18(14)8-7-13-5-3-4-6-15(13)18/h2-6,14H,1,7-12H2,(H,19,22)(H2,20,21,23)/t14-,18-/m0/s1. The first-order valence-corrected chi connectivity index (χ1v) is 8.13. The van der Waals surface area contributed by atoms with E-state index in [-0.39, 0.29) is 23.9 Å². The molecule has 0 bridgehead atoms. The largest absolute Gasteiger partial charge is 0.351 e. The molecule has 3 rings (SSSR count). The molecule has 2 aliphatic rings. The molecule has 0 heterocycles. The lowest BCUT2D eigenvalue weighted by atomic mass is 9.95. The second kappa shape index (κ2) is 6.44. The molecule has 0 radical (unpaired) electrons. The number of hydrogen-bond donors (Lipinski definition) is 3. The fourth-order valence-electron chi connectivity index (χ4n) is 3.69. The van der Waals surface area contributed by atoms with Gasteiger partial charge in [0.2, 0.25) is 5.91 Å². The van der Waals surface area contributed by atoms with E-state index in [2.05, 4.69) is 46.8 Å². The minimum absolute atomic E-state index is 0.0156. The smallest absolute Gasteiger partial charge is 0.315 e. The third-order valence-corrected chi connectivity index (χ3v) is 4.99. The SMILES string of the molecule is C=CCNC(=O)CNC(=O)NC[C@@H]1C[C@@]12CCc1ccccc12. The Morgan fingerprint density at radius 1 is 1.26 bits per heavy atom. The van der Waals surface area contributed by atoms with Crippen molar-refractivity contribution in [3.8, 4) is 0 Å². The maximum atomic E-state index is 11.8. The van der Waals surface area contributed by atoms with Crippen LogP contribution in [0.4, 0.5) is 4.79 Å². The van der Waals surface area contributed by atoms with Crippen LogP contribution in [0.25, 0.3) is 0 Å². The van der Waals surface area contributed by atoms with Gasteiger partial charge in [-0.2, -0.15) is 0 Å². The number of carbonyl (C=O) groups is 2. The van der Waals surface area contributed by atoms with E-state index in [0.717, 1.165) is 12.8 Å². The summed E-state index contributed by atoms with van der Waals surface area (Å²) < 4.78 is 0. The van der Waals surface area contributed by atoms with Crippen LogP contribution in [0.1, 0.15) is 24.0 Å². The molecule has 1 aromatic carbocycles. The fraction of sp³-hybridized carbons (Fsp3) is 0.444. The number of amides is 3. The van der Waals surface area contributed by atoms with Gasteiger partial charge in [0.1, 0.15) is 0 Å². The first-order valence-electron chi connectivity index (χ1n) is 8.13. The number of aryl methyl sites for hydroxylation is 1. The zero-order valence-electron chi connectivity index (χ0n) is 13.2. The highest BCUT2D eigenvalue weighted by atomic mass is 16.2. The molecule has 0 saturated heterocycles. The molecule has 23 heavy (non-hydrogen) atoms. The van der Waals surface area contributed by atoms with Gasteiger partial charge < -0.3 is 16.0 Å². The van der Waals surface area contributed by atoms with E-state index in [4.69, 9.17) is 0 Å². The predicted molar refractivity (Wildman–Crippen MR) is 89.2 cm³/mol. The average molecular weight is 313 g/mol. The van der Waals surface area contributed by atoms with E-state index in [1.165, 1.54) is 17.5 Å². The Hall–Kier alpha value is -2.30. The topological polar surface area (TPSA) is 70.2 Å². The summed E-state index contributed by atoms with van der Waals surface area (Å²) in [5, 5.41) is 8.08. The van der Waals surface area contributed by atoms with Gasteiger partial charge in [-0.1, -0.05) is 30.3 Å². The number of fused-ring (bicyclic) bond motifs is 2. The third kappa shape index (κ3) is 3.23. The molecule has 2 atom stereocenters. The first-order chi connectivity index (χ1) is 11.2. The molecule has 1 saturated carbocycles. The Balaban J connectivity index is 1.42. The van der Waals surface area contributed by atoms with Gasteiger partial charge in [-0.05, 0) is 36.3 Å². The number of carbonyl (C=O) groups excluding carboxylic acids is 2. The summed E-state index contributed by atoms with van der Waals surface area (Å²) in [5.74, 6) is 0.291. The highest BCUT2D eigenvalue weighted by Gasteiger charge is 2.57. The third-order valence-electron chi connectivity index (χ3n) is 4.99. The van der Waals surface area contributed by atoms with Gasteiger partial charge in [0.05, 0.1) is 6.54 Å². The summed E-state index contributed by atoms with van der Waals surface area (Å²) in [4.78, 5) is 23.2. The van der Waals surface area contributed by atoms with Gasteiger partial charge in [0.25, 0.3) is 0 Å². The zero-order chi connectivity index (χ0) is 16.3. The monoisotopic (exact) mass is 313 g/mol. The maximum absolute atomic E-state index is 11.8. The van der Waals surface area contributed by atoms with Crippen molar-refractivity contribution in [3.63, 3.8) is 0 Å². The van der Waals surface area contributed by atoms with Crippen molar-refractivity contribution in [3.05, 3.63) is 48.0 Å². The Kier molecular flexibility index (Phi) is 4.37. The van der Waals surface area contributed by atoms with E-state index >= 15 is 0 Å². The minimum atomic E-state index is -0.285. The van der Waals surface area contributed by atoms with Crippen molar-refractivity contribution >= 4 is 11.9 Å². The number of benzene rings is 1. The molecule has 3 amide bonds. The van der Waals surface area contributed by atoms with Crippen molar-refractivity contribution in [1.82, 2.24) is 16.0 Å². The molecule has 5 heteroatoms. The number of hydrogen-bond acceptors (Lipinski definition) is 2. The molecule has 0 aliphatic heterocycles. The molecule has 3 N–H and O–H groups in total. The van der Waals surface area contributed by atoms with Gasteiger partial charge in [0.15, 0.2) is 0 Å². The molecule has 1 spiro atoms. The van der Waals surface area contributed by atoms with Gasteiger partial charge in [-0.15, -0.1) is 6.58 Å². The summed E-state index contributed by atoms with van der Waals surface area (Å²) in [7, 11) is 0. The number of urea groups is 1. The summed E-state index contributed by atoms with van der Waals surface area (Å²) in [6.07, 6.45) is 5.07. The van der Waals surface area contributed by atoms with Gasteiger partial charge >= 0.3 is 6.03 Å². The zero-order valence-corrected chi connectivity index (χ0v) is 13.2. The maximum Gasteiger partial charge on any atom is 0.315 e. The first kappa shape index (κ1) is 15.6. The second-order valence-electron chi connectivity index (χ2n) is 6.37. The molecule has 0 aromatic heterocycles. The van der Waals surface area contributed by atoms with Crippen LogP contribution in [0, 0.1) is 5.92 Å². The van der Waals surface area contributed by atoms with Crippen LogP contribution in [0.5, 0.6) is 0 Å². The van der Waals surface area contributed by atoms with Crippen LogP contribution >= 0.6 is 0 Å². The van der Waals surface area contributed by atoms with Gasteiger partial charge in [-0.3, -0.25) is 4.79 Å². The van der Waals surface area contributed by atoms with Crippen molar-refractivity contribution < 1.29 is 9.59 Å². The summed E-state index contributed by atoms with van der Waals surface area (Å²) in [6, 6.07) is 8.35. The Bertz CT molecular complexity index is 628. The Labute approximate surface area is 136 Å². The normalized spacial score (nSPS) is 23.9. The molecule has 122 valence electrons. The van der Waals surface area contributed by atoms with Crippen LogP contribution < -0.4 is 16.0 Å². The van der Waals surface area contributed by atoms with Crippen molar-refractivity contribution in [2.45, 2.75) is 24.7 Å². The van der Waals surface area contributed by atoms with E-state index < -0.39 is 0 Å². The lowest BCUT2D eigenvalue weighted by molar-refractivity contribution is -0.119. The molecule has 0 unspecified atom stereocenters.